The maximum atomic E-state index is 10.8. The van der Waals surface area contributed by atoms with Gasteiger partial charge in [0.1, 0.15) is 0 Å². The average Bonchev–Trinajstić information content (AvgIpc) is 2.20. The second-order valence-corrected chi connectivity index (χ2v) is 4.07. The highest BCUT2D eigenvalue weighted by atomic mass is 32.2. The summed E-state index contributed by atoms with van der Waals surface area (Å²) in [5.41, 5.74) is 3.35. The van der Waals surface area contributed by atoms with E-state index in [1.807, 2.05) is 12.1 Å². The molecule has 1 aromatic carbocycles. The van der Waals surface area contributed by atoms with Crippen molar-refractivity contribution in [3.63, 3.8) is 0 Å². The minimum Gasteiger partial charge on any atom is -0.294 e. The molecular weight excluding hydrogens is 196 g/mol. The standard InChI is InChI=1S/C10H14N2OS/c1-8-4-2-3-5-9(8)14-7-6-10(13)12-11/h2-5H,6-7,11H2,1H3,(H,12,13). The van der Waals surface area contributed by atoms with E-state index in [0.717, 1.165) is 5.75 Å². The smallest absolute Gasteiger partial charge is 0.234 e. The Morgan fingerprint density at radius 2 is 2.21 bits per heavy atom. The molecule has 0 aromatic heterocycles. The summed E-state index contributed by atoms with van der Waals surface area (Å²) >= 11 is 1.67. The van der Waals surface area contributed by atoms with Crippen LogP contribution in [0, 0.1) is 6.92 Å². The number of rotatable bonds is 4. The van der Waals surface area contributed by atoms with Crippen molar-refractivity contribution in [2.45, 2.75) is 18.2 Å². The first kappa shape index (κ1) is 11.1. The van der Waals surface area contributed by atoms with Crippen LogP contribution in [-0.4, -0.2) is 11.7 Å². The normalized spacial score (nSPS) is 9.86. The van der Waals surface area contributed by atoms with Crippen molar-refractivity contribution in [2.75, 3.05) is 5.75 Å². The van der Waals surface area contributed by atoms with E-state index in [2.05, 4.69) is 24.5 Å². The molecule has 3 N–H and O–H groups in total. The van der Waals surface area contributed by atoms with E-state index in [9.17, 15) is 4.79 Å². The maximum Gasteiger partial charge on any atom is 0.234 e. The number of amides is 1. The molecule has 1 aromatic rings. The first-order valence-electron chi connectivity index (χ1n) is 4.42. The second kappa shape index (κ2) is 5.67. The summed E-state index contributed by atoms with van der Waals surface area (Å²) in [6.07, 6.45) is 0.454. The van der Waals surface area contributed by atoms with Crippen LogP contribution >= 0.6 is 11.8 Å². The fraction of sp³-hybridized carbons (Fsp3) is 0.300. The number of aryl methyl sites for hydroxylation is 1. The predicted molar refractivity (Wildman–Crippen MR) is 58.9 cm³/mol. The SMILES string of the molecule is Cc1ccccc1SCCC(=O)NN. The second-order valence-electron chi connectivity index (χ2n) is 2.93. The molecule has 0 radical (unpaired) electrons. The molecule has 1 rings (SSSR count). The fourth-order valence-corrected chi connectivity index (χ4v) is 2.02. The molecular formula is C10H14N2OS. The van der Waals surface area contributed by atoms with Gasteiger partial charge in [-0.05, 0) is 18.6 Å². The van der Waals surface area contributed by atoms with Gasteiger partial charge in [0.05, 0.1) is 0 Å². The number of carbonyl (C=O) groups is 1. The Morgan fingerprint density at radius 3 is 2.86 bits per heavy atom. The minimum absolute atomic E-state index is 0.119. The third kappa shape index (κ3) is 3.40. The predicted octanol–water partition coefficient (Wildman–Crippen LogP) is 1.47. The molecule has 0 saturated heterocycles. The van der Waals surface area contributed by atoms with Gasteiger partial charge in [0.25, 0.3) is 0 Å². The Labute approximate surface area is 88.0 Å². The monoisotopic (exact) mass is 210 g/mol. The van der Waals surface area contributed by atoms with E-state index in [1.165, 1.54) is 10.5 Å². The fourth-order valence-electron chi connectivity index (χ4n) is 1.04. The van der Waals surface area contributed by atoms with Crippen LogP contribution in [0.25, 0.3) is 0 Å². The lowest BCUT2D eigenvalue weighted by Gasteiger charge is -2.03. The van der Waals surface area contributed by atoms with Crippen LogP contribution in [0.3, 0.4) is 0 Å². The van der Waals surface area contributed by atoms with Gasteiger partial charge in [0.15, 0.2) is 0 Å². The van der Waals surface area contributed by atoms with Gasteiger partial charge in [-0.25, -0.2) is 5.84 Å². The van der Waals surface area contributed by atoms with E-state index in [0.29, 0.717) is 6.42 Å². The van der Waals surface area contributed by atoms with Gasteiger partial charge in [-0.2, -0.15) is 0 Å². The zero-order chi connectivity index (χ0) is 10.4. The topological polar surface area (TPSA) is 55.1 Å². The van der Waals surface area contributed by atoms with Crippen molar-refractivity contribution in [2.24, 2.45) is 5.84 Å². The molecule has 0 fully saturated rings. The molecule has 0 bridgehead atoms. The Hall–Kier alpha value is -1.00. The third-order valence-electron chi connectivity index (χ3n) is 1.84. The number of carbonyl (C=O) groups excluding carboxylic acids is 1. The molecule has 1 amide bonds. The number of nitrogens with two attached hydrogens (primary N) is 1. The number of thioether (sulfide) groups is 1. The van der Waals surface area contributed by atoms with Crippen LogP contribution in [0.5, 0.6) is 0 Å². The van der Waals surface area contributed by atoms with Crippen LogP contribution in [-0.2, 0) is 4.79 Å². The Balaban J connectivity index is 2.39. The molecule has 0 atom stereocenters. The molecule has 76 valence electrons. The van der Waals surface area contributed by atoms with Gasteiger partial charge in [0, 0.05) is 17.1 Å². The summed E-state index contributed by atoms with van der Waals surface area (Å²) in [5.74, 6) is 5.61. The van der Waals surface area contributed by atoms with Crippen molar-refractivity contribution < 1.29 is 4.79 Å². The number of hydrazine groups is 1. The van der Waals surface area contributed by atoms with E-state index in [-0.39, 0.29) is 5.91 Å². The van der Waals surface area contributed by atoms with Crippen molar-refractivity contribution >= 4 is 17.7 Å². The van der Waals surface area contributed by atoms with Crippen molar-refractivity contribution in [1.82, 2.24) is 5.43 Å². The first-order valence-corrected chi connectivity index (χ1v) is 5.40. The molecule has 0 aliphatic rings. The number of hydrogen-bond donors (Lipinski definition) is 2. The summed E-state index contributed by atoms with van der Waals surface area (Å²) in [7, 11) is 0. The zero-order valence-corrected chi connectivity index (χ0v) is 8.93. The molecule has 0 aliphatic heterocycles. The lowest BCUT2D eigenvalue weighted by molar-refractivity contribution is -0.120. The zero-order valence-electron chi connectivity index (χ0n) is 8.12. The van der Waals surface area contributed by atoms with Gasteiger partial charge < -0.3 is 0 Å². The average molecular weight is 210 g/mol. The quantitative estimate of drug-likeness (QED) is 0.342. The molecule has 0 spiro atoms. The summed E-state index contributed by atoms with van der Waals surface area (Å²) in [6, 6.07) is 8.12. The number of nitrogens with one attached hydrogen (secondary N) is 1. The summed E-state index contributed by atoms with van der Waals surface area (Å²) in [5, 5.41) is 0. The molecule has 4 heteroatoms. The van der Waals surface area contributed by atoms with Crippen LogP contribution < -0.4 is 11.3 Å². The van der Waals surface area contributed by atoms with E-state index >= 15 is 0 Å². The molecule has 0 aliphatic carbocycles. The highest BCUT2D eigenvalue weighted by molar-refractivity contribution is 7.99. The van der Waals surface area contributed by atoms with Crippen molar-refractivity contribution in [3.05, 3.63) is 29.8 Å². The summed E-state index contributed by atoms with van der Waals surface area (Å²) in [4.78, 5) is 12.1. The van der Waals surface area contributed by atoms with Gasteiger partial charge in [-0.15, -0.1) is 11.8 Å². The molecule has 0 saturated carbocycles. The van der Waals surface area contributed by atoms with Crippen LogP contribution in [0.1, 0.15) is 12.0 Å². The molecule has 14 heavy (non-hydrogen) atoms. The molecule has 3 nitrogen and oxygen atoms in total. The molecule has 0 unspecified atom stereocenters. The summed E-state index contributed by atoms with van der Waals surface area (Å²) < 4.78 is 0. The Bertz CT molecular complexity index is 315. The van der Waals surface area contributed by atoms with E-state index < -0.39 is 0 Å². The van der Waals surface area contributed by atoms with Crippen molar-refractivity contribution in [3.8, 4) is 0 Å². The Morgan fingerprint density at radius 1 is 1.50 bits per heavy atom. The highest BCUT2D eigenvalue weighted by Crippen LogP contribution is 2.21. The Kier molecular flexibility index (Phi) is 4.49. The highest BCUT2D eigenvalue weighted by Gasteiger charge is 2.00. The molecule has 0 heterocycles. The number of hydrogen-bond acceptors (Lipinski definition) is 3. The van der Waals surface area contributed by atoms with Gasteiger partial charge in [-0.3, -0.25) is 10.2 Å². The maximum absolute atomic E-state index is 10.8. The van der Waals surface area contributed by atoms with Gasteiger partial charge >= 0.3 is 0 Å². The van der Waals surface area contributed by atoms with Crippen molar-refractivity contribution in [1.29, 1.82) is 0 Å². The van der Waals surface area contributed by atoms with Gasteiger partial charge in [-0.1, -0.05) is 18.2 Å². The van der Waals surface area contributed by atoms with E-state index in [4.69, 9.17) is 5.84 Å². The lowest BCUT2D eigenvalue weighted by atomic mass is 10.2. The van der Waals surface area contributed by atoms with Crippen LogP contribution in [0.2, 0.25) is 0 Å². The third-order valence-corrected chi connectivity index (χ3v) is 3.02. The van der Waals surface area contributed by atoms with Crippen LogP contribution in [0.15, 0.2) is 29.2 Å². The van der Waals surface area contributed by atoms with Gasteiger partial charge in [0.2, 0.25) is 5.91 Å². The lowest BCUT2D eigenvalue weighted by Crippen LogP contribution is -2.30. The number of benzene rings is 1. The summed E-state index contributed by atoms with van der Waals surface area (Å²) in [6.45, 7) is 2.06. The minimum atomic E-state index is -0.119. The van der Waals surface area contributed by atoms with E-state index in [1.54, 1.807) is 11.8 Å². The largest absolute Gasteiger partial charge is 0.294 e. The van der Waals surface area contributed by atoms with Crippen LogP contribution in [0.4, 0.5) is 0 Å². The first-order chi connectivity index (χ1) is 6.74.